The highest BCUT2D eigenvalue weighted by Gasteiger charge is 2.08. The van der Waals surface area contributed by atoms with Crippen LogP contribution in [0.15, 0.2) is 17.1 Å². The van der Waals surface area contributed by atoms with Crippen LogP contribution in [0.25, 0.3) is 5.65 Å². The van der Waals surface area contributed by atoms with Crippen LogP contribution in [-0.2, 0) is 13.0 Å². The summed E-state index contributed by atoms with van der Waals surface area (Å²) < 4.78 is 2.77. The van der Waals surface area contributed by atoms with Crippen molar-refractivity contribution in [1.29, 1.82) is 0 Å². The maximum Gasteiger partial charge on any atom is 0.367 e. The van der Waals surface area contributed by atoms with Crippen molar-refractivity contribution < 1.29 is 0 Å². The van der Waals surface area contributed by atoms with Crippen LogP contribution < -0.4 is 5.69 Å². The smallest absolute Gasteiger partial charge is 0.244 e. The van der Waals surface area contributed by atoms with Crippen molar-refractivity contribution in [1.82, 2.24) is 19.4 Å². The molecular formula is C9H12N4O. The van der Waals surface area contributed by atoms with Crippen molar-refractivity contribution in [3.8, 4) is 0 Å². The molecule has 0 fully saturated rings. The van der Waals surface area contributed by atoms with Crippen molar-refractivity contribution in [3.05, 3.63) is 28.3 Å². The van der Waals surface area contributed by atoms with Gasteiger partial charge in [0.25, 0.3) is 0 Å². The van der Waals surface area contributed by atoms with Gasteiger partial charge in [0.05, 0.1) is 0 Å². The fourth-order valence-electron chi connectivity index (χ4n) is 1.45. The number of aryl methyl sites for hydroxylation is 2. The normalized spacial score (nSPS) is 11.0. The van der Waals surface area contributed by atoms with Crippen molar-refractivity contribution in [2.75, 3.05) is 0 Å². The fourth-order valence-corrected chi connectivity index (χ4v) is 1.45. The Kier molecular flexibility index (Phi) is 2.07. The van der Waals surface area contributed by atoms with E-state index >= 15 is 0 Å². The van der Waals surface area contributed by atoms with Gasteiger partial charge in [-0.1, -0.05) is 6.92 Å². The van der Waals surface area contributed by atoms with Gasteiger partial charge in [-0.25, -0.2) is 9.48 Å². The zero-order valence-corrected chi connectivity index (χ0v) is 8.27. The van der Waals surface area contributed by atoms with Gasteiger partial charge >= 0.3 is 5.69 Å². The minimum absolute atomic E-state index is 0.169. The van der Waals surface area contributed by atoms with Crippen LogP contribution in [0.4, 0.5) is 0 Å². The number of aromatic nitrogens is 4. The quantitative estimate of drug-likeness (QED) is 0.695. The standard InChI is InChI=1S/C9H12N4O/c1-3-7-5-6-10-13-8(7)11-12(4-2)9(13)14/h5-6H,3-4H2,1-2H3. The fraction of sp³-hybridized carbons (Fsp3) is 0.444. The molecule has 0 amide bonds. The van der Waals surface area contributed by atoms with E-state index in [0.717, 1.165) is 12.0 Å². The van der Waals surface area contributed by atoms with E-state index in [9.17, 15) is 4.79 Å². The largest absolute Gasteiger partial charge is 0.367 e. The molecule has 0 aromatic carbocycles. The van der Waals surface area contributed by atoms with Crippen LogP contribution >= 0.6 is 0 Å². The monoisotopic (exact) mass is 192 g/mol. The Morgan fingerprint density at radius 1 is 1.43 bits per heavy atom. The molecule has 0 bridgehead atoms. The van der Waals surface area contributed by atoms with E-state index in [-0.39, 0.29) is 5.69 Å². The average Bonchev–Trinajstić information content (AvgIpc) is 2.55. The first-order chi connectivity index (χ1) is 6.77. The summed E-state index contributed by atoms with van der Waals surface area (Å²) in [4.78, 5) is 11.6. The van der Waals surface area contributed by atoms with Crippen molar-refractivity contribution >= 4 is 5.65 Å². The maximum absolute atomic E-state index is 11.6. The Morgan fingerprint density at radius 2 is 2.21 bits per heavy atom. The van der Waals surface area contributed by atoms with Gasteiger partial charge in [0.15, 0.2) is 5.65 Å². The summed E-state index contributed by atoms with van der Waals surface area (Å²) in [5.74, 6) is 0. The average molecular weight is 192 g/mol. The van der Waals surface area contributed by atoms with E-state index in [4.69, 9.17) is 0 Å². The Balaban J connectivity index is 2.84. The van der Waals surface area contributed by atoms with Gasteiger partial charge in [0.2, 0.25) is 0 Å². The number of hydrogen-bond donors (Lipinski definition) is 0. The number of rotatable bonds is 2. The molecule has 0 saturated heterocycles. The van der Waals surface area contributed by atoms with Gasteiger partial charge in [-0.3, -0.25) is 0 Å². The predicted octanol–water partition coefficient (Wildman–Crippen LogP) is 0.473. The highest BCUT2D eigenvalue weighted by atomic mass is 16.2. The lowest BCUT2D eigenvalue weighted by molar-refractivity contribution is 0.626. The van der Waals surface area contributed by atoms with Crippen LogP contribution in [-0.4, -0.2) is 19.4 Å². The lowest BCUT2D eigenvalue weighted by Gasteiger charge is -1.94. The molecule has 0 spiro atoms. The minimum atomic E-state index is -0.169. The van der Waals surface area contributed by atoms with Gasteiger partial charge < -0.3 is 0 Å². The molecule has 0 radical (unpaired) electrons. The highest BCUT2D eigenvalue weighted by molar-refractivity contribution is 5.44. The molecule has 2 heterocycles. The third kappa shape index (κ3) is 1.13. The van der Waals surface area contributed by atoms with Crippen LogP contribution in [0.2, 0.25) is 0 Å². The minimum Gasteiger partial charge on any atom is -0.244 e. The molecule has 74 valence electrons. The second-order valence-electron chi connectivity index (χ2n) is 3.04. The summed E-state index contributed by atoms with van der Waals surface area (Å²) in [7, 11) is 0. The van der Waals surface area contributed by atoms with Crippen molar-refractivity contribution in [2.24, 2.45) is 0 Å². The zero-order chi connectivity index (χ0) is 10.1. The van der Waals surface area contributed by atoms with E-state index in [0.29, 0.717) is 12.2 Å². The van der Waals surface area contributed by atoms with Crippen molar-refractivity contribution in [2.45, 2.75) is 26.8 Å². The van der Waals surface area contributed by atoms with Gasteiger partial charge in [-0.05, 0) is 19.4 Å². The van der Waals surface area contributed by atoms with E-state index in [2.05, 4.69) is 10.2 Å². The second kappa shape index (κ2) is 3.25. The molecule has 0 aliphatic heterocycles. The lowest BCUT2D eigenvalue weighted by Crippen LogP contribution is -2.21. The molecule has 2 rings (SSSR count). The van der Waals surface area contributed by atoms with Gasteiger partial charge in [0, 0.05) is 18.3 Å². The van der Waals surface area contributed by atoms with Crippen LogP contribution in [0.3, 0.4) is 0 Å². The van der Waals surface area contributed by atoms with E-state index in [1.807, 2.05) is 19.9 Å². The zero-order valence-electron chi connectivity index (χ0n) is 8.27. The Labute approximate surface area is 81.0 Å². The molecule has 0 aliphatic carbocycles. The van der Waals surface area contributed by atoms with Gasteiger partial charge in [0.1, 0.15) is 0 Å². The van der Waals surface area contributed by atoms with Crippen LogP contribution in [0.1, 0.15) is 19.4 Å². The summed E-state index contributed by atoms with van der Waals surface area (Å²) >= 11 is 0. The van der Waals surface area contributed by atoms with Crippen LogP contribution in [0, 0.1) is 0 Å². The maximum atomic E-state index is 11.6. The first-order valence-electron chi connectivity index (χ1n) is 4.71. The molecule has 5 nitrogen and oxygen atoms in total. The molecule has 2 aromatic rings. The molecule has 2 aromatic heterocycles. The molecule has 5 heteroatoms. The lowest BCUT2D eigenvalue weighted by atomic mass is 10.2. The number of hydrogen-bond acceptors (Lipinski definition) is 3. The Bertz CT molecular complexity index is 511. The molecule has 0 saturated carbocycles. The van der Waals surface area contributed by atoms with Crippen LogP contribution in [0.5, 0.6) is 0 Å². The molecule has 0 N–H and O–H groups in total. The number of nitrogens with zero attached hydrogens (tertiary/aromatic N) is 4. The molecule has 14 heavy (non-hydrogen) atoms. The third-order valence-corrected chi connectivity index (χ3v) is 2.24. The summed E-state index contributed by atoms with van der Waals surface area (Å²) in [6.45, 7) is 4.50. The molecule has 0 unspecified atom stereocenters. The number of fused-ring (bicyclic) bond motifs is 1. The molecular weight excluding hydrogens is 180 g/mol. The SMILES string of the molecule is CCc1ccnn2c(=O)n(CC)nc12. The topological polar surface area (TPSA) is 52.2 Å². The third-order valence-electron chi connectivity index (χ3n) is 2.24. The van der Waals surface area contributed by atoms with Gasteiger partial charge in [-0.2, -0.15) is 9.61 Å². The highest BCUT2D eigenvalue weighted by Crippen LogP contribution is 2.04. The summed E-state index contributed by atoms with van der Waals surface area (Å²) in [6, 6.07) is 1.89. The second-order valence-corrected chi connectivity index (χ2v) is 3.04. The Hall–Kier alpha value is -1.65. The first-order valence-corrected chi connectivity index (χ1v) is 4.71. The summed E-state index contributed by atoms with van der Waals surface area (Å²) in [6.07, 6.45) is 2.49. The molecule has 0 atom stereocenters. The van der Waals surface area contributed by atoms with E-state index in [1.165, 1.54) is 9.20 Å². The first kappa shape index (κ1) is 8.93. The van der Waals surface area contributed by atoms with Crippen molar-refractivity contribution in [3.63, 3.8) is 0 Å². The summed E-state index contributed by atoms with van der Waals surface area (Å²) in [5, 5.41) is 8.18. The Morgan fingerprint density at radius 3 is 2.86 bits per heavy atom. The predicted molar refractivity (Wildman–Crippen MR) is 52.3 cm³/mol. The molecule has 0 aliphatic rings. The van der Waals surface area contributed by atoms with E-state index < -0.39 is 0 Å². The summed E-state index contributed by atoms with van der Waals surface area (Å²) in [5.41, 5.74) is 1.55. The van der Waals surface area contributed by atoms with Gasteiger partial charge in [-0.15, -0.1) is 5.10 Å². The van der Waals surface area contributed by atoms with E-state index in [1.54, 1.807) is 6.20 Å².